The van der Waals surface area contributed by atoms with Gasteiger partial charge in [0.1, 0.15) is 11.6 Å². The summed E-state index contributed by atoms with van der Waals surface area (Å²) in [6, 6.07) is 16.6. The van der Waals surface area contributed by atoms with E-state index in [-0.39, 0.29) is 23.6 Å². The minimum atomic E-state index is -1.53. The van der Waals surface area contributed by atoms with E-state index < -0.39 is 5.54 Å². The van der Waals surface area contributed by atoms with Gasteiger partial charge in [0.05, 0.1) is 24.1 Å². The van der Waals surface area contributed by atoms with E-state index in [0.717, 1.165) is 11.1 Å². The molecule has 0 saturated heterocycles. The lowest BCUT2D eigenvalue weighted by atomic mass is 9.86. The van der Waals surface area contributed by atoms with Crippen molar-refractivity contribution in [1.29, 1.82) is 0 Å². The van der Waals surface area contributed by atoms with Crippen molar-refractivity contribution in [1.82, 2.24) is 9.55 Å². The third kappa shape index (κ3) is 3.61. The van der Waals surface area contributed by atoms with Crippen LogP contribution in [0.3, 0.4) is 0 Å². The Labute approximate surface area is 248 Å². The first kappa shape index (κ1) is 26.1. The normalized spacial score (nSPS) is 19.2. The molecule has 1 N–H and O–H groups in total. The van der Waals surface area contributed by atoms with Gasteiger partial charge in [-0.25, -0.2) is 4.98 Å². The number of benzene rings is 3. The fourth-order valence-electron chi connectivity index (χ4n) is 6.39. The molecular formula is C32H28Cl2N4O3. The summed E-state index contributed by atoms with van der Waals surface area (Å²) in [7, 11) is 1.65. The number of carbonyl (C=O) groups excluding carboxylic acids is 2. The third-order valence-corrected chi connectivity index (χ3v) is 8.86. The predicted molar refractivity (Wildman–Crippen MR) is 160 cm³/mol. The van der Waals surface area contributed by atoms with E-state index in [0.29, 0.717) is 50.2 Å². The Kier molecular flexibility index (Phi) is 5.79. The summed E-state index contributed by atoms with van der Waals surface area (Å²) in [5.74, 6) is 1.09. The first-order valence-corrected chi connectivity index (χ1v) is 14.5. The summed E-state index contributed by atoms with van der Waals surface area (Å²) in [4.78, 5) is 35.5. The summed E-state index contributed by atoms with van der Waals surface area (Å²) < 4.78 is 7.86. The Hall–Kier alpha value is -3.81. The number of hydrogen-bond acceptors (Lipinski definition) is 4. The monoisotopic (exact) mass is 586 g/mol. The van der Waals surface area contributed by atoms with Crippen molar-refractivity contribution in [2.24, 2.45) is 0 Å². The van der Waals surface area contributed by atoms with E-state index in [1.54, 1.807) is 36.3 Å². The molecule has 1 saturated carbocycles. The average Bonchev–Trinajstić information content (AvgIpc) is 3.59. The van der Waals surface area contributed by atoms with Crippen LogP contribution in [0.15, 0.2) is 54.6 Å². The predicted octanol–water partition coefficient (Wildman–Crippen LogP) is 7.49. The zero-order chi connectivity index (χ0) is 28.8. The number of methoxy groups -OCH3 is 1. The fraction of sp³-hybridized carbons (Fsp3) is 0.281. The SMILES string of the molecule is COc1cc(C2CC2)ccc1-c1nc2c(n1C(C)C)C1(C(=O)Nc3cc(Cl)ccc31)N(c1cc(Cl)ccc1C)C2=O. The smallest absolute Gasteiger partial charge is 0.280 e. The quantitative estimate of drug-likeness (QED) is 0.263. The zero-order valence-electron chi connectivity index (χ0n) is 23.1. The maximum absolute atomic E-state index is 14.5. The Morgan fingerprint density at radius 2 is 1.76 bits per heavy atom. The van der Waals surface area contributed by atoms with Crippen molar-refractivity contribution in [2.45, 2.75) is 51.1 Å². The highest BCUT2D eigenvalue weighted by Crippen LogP contribution is 2.55. The molecule has 3 heterocycles. The Morgan fingerprint density at radius 3 is 2.46 bits per heavy atom. The molecule has 9 heteroatoms. The van der Waals surface area contributed by atoms with E-state index in [9.17, 15) is 9.59 Å². The zero-order valence-corrected chi connectivity index (χ0v) is 24.6. The van der Waals surface area contributed by atoms with Crippen LogP contribution in [0, 0.1) is 6.92 Å². The summed E-state index contributed by atoms with van der Waals surface area (Å²) in [5, 5.41) is 3.95. The third-order valence-electron chi connectivity index (χ3n) is 8.39. The topological polar surface area (TPSA) is 76.5 Å². The second kappa shape index (κ2) is 9.10. The van der Waals surface area contributed by atoms with Crippen LogP contribution in [-0.4, -0.2) is 28.5 Å². The lowest BCUT2D eigenvalue weighted by Crippen LogP contribution is -2.51. The number of rotatable bonds is 5. The number of ether oxygens (including phenoxy) is 1. The molecule has 1 aliphatic carbocycles. The first-order chi connectivity index (χ1) is 19.7. The standard InChI is InChI=1S/C32H28Cl2N4O3/c1-16(2)37-28-27(36-29(37)22-11-8-19(18-6-7-18)13-26(22)41-4)30(39)38(25-15-21(34)9-5-17(25)3)32(28)23-12-10-20(33)14-24(23)35-31(32)40/h5,8-16,18H,6-7H2,1-4H3,(H,35,40). The van der Waals surface area contributed by atoms with Gasteiger partial charge in [0, 0.05) is 27.3 Å². The number of anilines is 2. The Bertz CT molecular complexity index is 1790. The maximum Gasteiger partial charge on any atom is 0.280 e. The molecule has 0 bridgehead atoms. The highest BCUT2D eigenvalue weighted by atomic mass is 35.5. The minimum absolute atomic E-state index is 0.150. The first-order valence-electron chi connectivity index (χ1n) is 13.7. The average molecular weight is 588 g/mol. The Balaban J connectivity index is 1.55. The van der Waals surface area contributed by atoms with E-state index in [4.69, 9.17) is 32.9 Å². The number of carbonyl (C=O) groups is 2. The van der Waals surface area contributed by atoms with Gasteiger partial charge in [-0.1, -0.05) is 41.4 Å². The van der Waals surface area contributed by atoms with Crippen molar-refractivity contribution in [3.05, 3.63) is 92.7 Å². The number of fused-ring (bicyclic) bond motifs is 4. The molecule has 1 aromatic heterocycles. The van der Waals surface area contributed by atoms with Crippen LogP contribution in [0.2, 0.25) is 10.0 Å². The lowest BCUT2D eigenvalue weighted by Gasteiger charge is -2.36. The van der Waals surface area contributed by atoms with Crippen molar-refractivity contribution >= 4 is 46.4 Å². The number of aryl methyl sites for hydroxylation is 1. The largest absolute Gasteiger partial charge is 0.496 e. The van der Waals surface area contributed by atoms with Crippen molar-refractivity contribution < 1.29 is 14.3 Å². The van der Waals surface area contributed by atoms with Gasteiger partial charge in [-0.15, -0.1) is 0 Å². The van der Waals surface area contributed by atoms with E-state index in [1.165, 1.54) is 18.4 Å². The molecule has 1 fully saturated rings. The molecule has 3 aliphatic rings. The highest BCUT2D eigenvalue weighted by Gasteiger charge is 2.64. The van der Waals surface area contributed by atoms with Crippen LogP contribution in [0.25, 0.3) is 11.4 Å². The van der Waals surface area contributed by atoms with E-state index in [1.807, 2.05) is 43.5 Å². The van der Waals surface area contributed by atoms with Crippen LogP contribution < -0.4 is 15.0 Å². The second-order valence-electron chi connectivity index (χ2n) is 11.3. The molecule has 41 heavy (non-hydrogen) atoms. The number of nitrogens with zero attached hydrogens (tertiary/aromatic N) is 3. The molecule has 3 aromatic carbocycles. The molecule has 7 rings (SSSR count). The lowest BCUT2D eigenvalue weighted by molar-refractivity contribution is -0.119. The van der Waals surface area contributed by atoms with Gasteiger partial charge in [0.15, 0.2) is 11.2 Å². The number of hydrogen-bond donors (Lipinski definition) is 1. The van der Waals surface area contributed by atoms with Crippen molar-refractivity contribution in [3.63, 3.8) is 0 Å². The Morgan fingerprint density at radius 1 is 1.02 bits per heavy atom. The summed E-state index contributed by atoms with van der Waals surface area (Å²) in [6.45, 7) is 5.95. The minimum Gasteiger partial charge on any atom is -0.496 e. The molecule has 1 spiro atoms. The number of aromatic nitrogens is 2. The van der Waals surface area contributed by atoms with Gasteiger partial charge < -0.3 is 14.6 Å². The molecule has 0 radical (unpaired) electrons. The summed E-state index contributed by atoms with van der Waals surface area (Å²) in [6.07, 6.45) is 2.34. The van der Waals surface area contributed by atoms with Crippen molar-refractivity contribution in [3.8, 4) is 17.1 Å². The molecule has 4 aromatic rings. The summed E-state index contributed by atoms with van der Waals surface area (Å²) >= 11 is 12.8. The van der Waals surface area contributed by atoms with Crippen LogP contribution in [0.4, 0.5) is 11.4 Å². The van der Waals surface area contributed by atoms with Crippen LogP contribution in [0.5, 0.6) is 5.75 Å². The number of amides is 2. The number of imidazole rings is 1. The van der Waals surface area contributed by atoms with Crippen molar-refractivity contribution in [2.75, 3.05) is 17.3 Å². The molecule has 1 atom stereocenters. The van der Waals surface area contributed by atoms with Crippen LogP contribution in [-0.2, 0) is 10.3 Å². The van der Waals surface area contributed by atoms with Gasteiger partial charge in [-0.3, -0.25) is 14.5 Å². The van der Waals surface area contributed by atoms with Gasteiger partial charge in [-0.05, 0) is 87.1 Å². The molecule has 208 valence electrons. The number of halogens is 2. The van der Waals surface area contributed by atoms with Crippen LogP contribution >= 0.6 is 23.2 Å². The highest BCUT2D eigenvalue weighted by molar-refractivity contribution is 6.32. The van der Waals surface area contributed by atoms with E-state index in [2.05, 4.69) is 17.4 Å². The molecule has 2 aliphatic heterocycles. The fourth-order valence-corrected chi connectivity index (χ4v) is 6.73. The number of nitrogens with one attached hydrogen (secondary N) is 1. The van der Waals surface area contributed by atoms with Gasteiger partial charge in [-0.2, -0.15) is 0 Å². The molecule has 7 nitrogen and oxygen atoms in total. The molecule has 2 amide bonds. The van der Waals surface area contributed by atoms with Gasteiger partial charge in [0.25, 0.3) is 11.8 Å². The maximum atomic E-state index is 14.5. The summed E-state index contributed by atoms with van der Waals surface area (Å²) in [5.41, 5.74) is 3.73. The van der Waals surface area contributed by atoms with Crippen LogP contribution in [0.1, 0.15) is 71.5 Å². The van der Waals surface area contributed by atoms with E-state index >= 15 is 0 Å². The second-order valence-corrected chi connectivity index (χ2v) is 12.1. The molecular weight excluding hydrogens is 559 g/mol. The van der Waals surface area contributed by atoms with Gasteiger partial charge >= 0.3 is 0 Å². The molecule has 1 unspecified atom stereocenters. The van der Waals surface area contributed by atoms with Gasteiger partial charge in [0.2, 0.25) is 0 Å².